The smallest absolute Gasteiger partial charge is 0.241 e. The summed E-state index contributed by atoms with van der Waals surface area (Å²) in [5.74, 6) is 0.471. The van der Waals surface area contributed by atoms with E-state index in [1.807, 2.05) is 12.4 Å². The SMILES string of the molecule is CNCc1sccc1S(=O)(=O)NCC1CC1(C)C. The van der Waals surface area contributed by atoms with Crippen LogP contribution in [0.2, 0.25) is 0 Å². The first-order chi connectivity index (χ1) is 8.37. The summed E-state index contributed by atoms with van der Waals surface area (Å²) in [7, 11) is -1.54. The molecule has 1 unspecified atom stereocenters. The fourth-order valence-corrected chi connectivity index (χ4v) is 4.61. The van der Waals surface area contributed by atoms with Gasteiger partial charge in [0.15, 0.2) is 0 Å². The highest BCUT2D eigenvalue weighted by Gasteiger charge is 2.45. The van der Waals surface area contributed by atoms with E-state index in [0.717, 1.165) is 11.3 Å². The minimum absolute atomic E-state index is 0.297. The molecule has 6 heteroatoms. The van der Waals surface area contributed by atoms with Gasteiger partial charge in [-0.05, 0) is 36.2 Å². The maximum absolute atomic E-state index is 12.2. The third-order valence-corrected chi connectivity index (χ3v) is 6.13. The standard InChI is InChI=1S/C12H20N2O2S2/c1-12(2)6-9(12)7-14-18(15,16)11-4-5-17-10(11)8-13-3/h4-5,9,13-14H,6-8H2,1-3H3. The zero-order valence-electron chi connectivity index (χ0n) is 11.0. The van der Waals surface area contributed by atoms with Crippen molar-refractivity contribution in [1.29, 1.82) is 0 Å². The van der Waals surface area contributed by atoms with Crippen LogP contribution in [0, 0.1) is 11.3 Å². The molecule has 0 amide bonds. The predicted molar refractivity (Wildman–Crippen MR) is 74.2 cm³/mol. The van der Waals surface area contributed by atoms with Crippen molar-refractivity contribution < 1.29 is 8.42 Å². The van der Waals surface area contributed by atoms with Crippen molar-refractivity contribution in [2.24, 2.45) is 11.3 Å². The fraction of sp³-hybridized carbons (Fsp3) is 0.667. The summed E-state index contributed by atoms with van der Waals surface area (Å²) in [5, 5.41) is 4.81. The second-order valence-corrected chi connectivity index (χ2v) is 8.22. The van der Waals surface area contributed by atoms with Crippen molar-refractivity contribution in [3.05, 3.63) is 16.3 Å². The number of nitrogens with one attached hydrogen (secondary N) is 2. The van der Waals surface area contributed by atoms with Gasteiger partial charge in [0.2, 0.25) is 10.0 Å². The first kappa shape index (κ1) is 14.0. The molecule has 0 aliphatic heterocycles. The van der Waals surface area contributed by atoms with Crippen LogP contribution < -0.4 is 10.0 Å². The van der Waals surface area contributed by atoms with E-state index < -0.39 is 10.0 Å². The van der Waals surface area contributed by atoms with Gasteiger partial charge in [0.25, 0.3) is 0 Å². The first-order valence-corrected chi connectivity index (χ1v) is 8.44. The zero-order valence-corrected chi connectivity index (χ0v) is 12.6. The van der Waals surface area contributed by atoms with Crippen molar-refractivity contribution in [3.8, 4) is 0 Å². The number of thiophene rings is 1. The normalized spacial score (nSPS) is 22.1. The molecule has 4 nitrogen and oxygen atoms in total. The molecule has 1 aromatic heterocycles. The lowest BCUT2D eigenvalue weighted by Gasteiger charge is -2.08. The van der Waals surface area contributed by atoms with E-state index in [2.05, 4.69) is 23.9 Å². The van der Waals surface area contributed by atoms with Gasteiger partial charge in [-0.3, -0.25) is 0 Å². The van der Waals surface area contributed by atoms with Crippen LogP contribution in [0.1, 0.15) is 25.1 Å². The Morgan fingerprint density at radius 2 is 2.17 bits per heavy atom. The summed E-state index contributed by atoms with van der Waals surface area (Å²) in [4.78, 5) is 1.28. The molecule has 0 radical (unpaired) electrons. The van der Waals surface area contributed by atoms with Crippen molar-refractivity contribution in [2.45, 2.75) is 31.7 Å². The van der Waals surface area contributed by atoms with Gasteiger partial charge >= 0.3 is 0 Å². The quantitative estimate of drug-likeness (QED) is 0.839. The van der Waals surface area contributed by atoms with Crippen LogP contribution in [0.5, 0.6) is 0 Å². The molecular weight excluding hydrogens is 268 g/mol. The molecule has 1 fully saturated rings. The zero-order chi connectivity index (χ0) is 13.4. The Hall–Kier alpha value is -0.430. The summed E-state index contributed by atoms with van der Waals surface area (Å²) in [6, 6.07) is 1.68. The molecule has 1 atom stereocenters. The maximum Gasteiger partial charge on any atom is 0.241 e. The van der Waals surface area contributed by atoms with E-state index in [9.17, 15) is 8.42 Å². The third kappa shape index (κ3) is 2.93. The van der Waals surface area contributed by atoms with Gasteiger partial charge in [0.1, 0.15) is 0 Å². The molecule has 102 valence electrons. The molecule has 2 N–H and O–H groups in total. The van der Waals surface area contributed by atoms with Gasteiger partial charge in [-0.1, -0.05) is 13.8 Å². The maximum atomic E-state index is 12.2. The van der Waals surface area contributed by atoms with Crippen molar-refractivity contribution in [2.75, 3.05) is 13.6 Å². The van der Waals surface area contributed by atoms with Gasteiger partial charge < -0.3 is 5.32 Å². The molecule has 0 spiro atoms. The number of hydrogen-bond donors (Lipinski definition) is 2. The van der Waals surface area contributed by atoms with E-state index in [1.54, 1.807) is 6.07 Å². The third-order valence-electron chi connectivity index (χ3n) is 3.57. The number of sulfonamides is 1. The van der Waals surface area contributed by atoms with Crippen molar-refractivity contribution >= 4 is 21.4 Å². The van der Waals surface area contributed by atoms with Crippen molar-refractivity contribution in [1.82, 2.24) is 10.0 Å². The van der Waals surface area contributed by atoms with E-state index in [1.165, 1.54) is 11.3 Å². The van der Waals surface area contributed by atoms with Crippen LogP contribution in [0.25, 0.3) is 0 Å². The molecule has 0 aromatic carbocycles. The van der Waals surface area contributed by atoms with Gasteiger partial charge in [0, 0.05) is 18.0 Å². The molecule has 0 bridgehead atoms. The Bertz CT molecular complexity index is 520. The Labute approximate surface area is 113 Å². The summed E-state index contributed by atoms with van der Waals surface area (Å²) >= 11 is 1.47. The largest absolute Gasteiger partial charge is 0.315 e. The lowest BCUT2D eigenvalue weighted by atomic mass is 10.1. The Morgan fingerprint density at radius 1 is 1.50 bits per heavy atom. The van der Waals surface area contributed by atoms with Crippen molar-refractivity contribution in [3.63, 3.8) is 0 Å². The summed E-state index contributed by atoms with van der Waals surface area (Å²) in [6.07, 6.45) is 1.10. The van der Waals surface area contributed by atoms with Crippen LogP contribution in [0.15, 0.2) is 16.3 Å². The second-order valence-electron chi connectivity index (χ2n) is 5.48. The highest BCUT2D eigenvalue weighted by atomic mass is 32.2. The van der Waals surface area contributed by atoms with E-state index in [4.69, 9.17) is 0 Å². The number of hydrogen-bond acceptors (Lipinski definition) is 4. The number of rotatable bonds is 6. The Morgan fingerprint density at radius 3 is 2.72 bits per heavy atom. The Balaban J connectivity index is 2.04. The second kappa shape index (κ2) is 4.92. The average molecular weight is 288 g/mol. The Kier molecular flexibility index (Phi) is 3.82. The van der Waals surface area contributed by atoms with Gasteiger partial charge in [-0.25, -0.2) is 13.1 Å². The van der Waals surface area contributed by atoms with Gasteiger partial charge in [-0.2, -0.15) is 0 Å². The molecule has 18 heavy (non-hydrogen) atoms. The highest BCUT2D eigenvalue weighted by molar-refractivity contribution is 7.89. The molecule has 1 aromatic rings. The predicted octanol–water partition coefficient (Wildman–Crippen LogP) is 1.79. The molecule has 1 heterocycles. The topological polar surface area (TPSA) is 58.2 Å². The summed E-state index contributed by atoms with van der Waals surface area (Å²) in [5.41, 5.74) is 0.297. The van der Waals surface area contributed by atoms with Gasteiger partial charge in [-0.15, -0.1) is 11.3 Å². The highest BCUT2D eigenvalue weighted by Crippen LogP contribution is 2.51. The first-order valence-electron chi connectivity index (χ1n) is 6.07. The van der Waals surface area contributed by atoms with Gasteiger partial charge in [0.05, 0.1) is 4.90 Å². The van der Waals surface area contributed by atoms with E-state index >= 15 is 0 Å². The molecule has 1 aliphatic carbocycles. The average Bonchev–Trinajstić information content (AvgIpc) is 2.71. The van der Waals surface area contributed by atoms with Crippen LogP contribution in [0.4, 0.5) is 0 Å². The fourth-order valence-electron chi connectivity index (χ4n) is 2.07. The molecule has 1 saturated carbocycles. The lowest BCUT2D eigenvalue weighted by molar-refractivity contribution is 0.537. The minimum Gasteiger partial charge on any atom is -0.315 e. The van der Waals surface area contributed by atoms with E-state index in [-0.39, 0.29) is 0 Å². The van der Waals surface area contributed by atoms with E-state index in [0.29, 0.717) is 29.3 Å². The summed E-state index contributed by atoms with van der Waals surface area (Å²) in [6.45, 7) is 5.47. The molecule has 0 saturated heterocycles. The monoisotopic (exact) mass is 288 g/mol. The summed E-state index contributed by atoms with van der Waals surface area (Å²) < 4.78 is 27.1. The van der Waals surface area contributed by atoms with Crippen LogP contribution in [-0.2, 0) is 16.6 Å². The molecule has 2 rings (SSSR count). The minimum atomic E-state index is -3.35. The van der Waals surface area contributed by atoms with Crippen LogP contribution >= 0.6 is 11.3 Å². The molecular formula is C12H20N2O2S2. The van der Waals surface area contributed by atoms with Crippen LogP contribution in [0.3, 0.4) is 0 Å². The molecule has 1 aliphatic rings. The lowest BCUT2D eigenvalue weighted by Crippen LogP contribution is -2.27. The van der Waals surface area contributed by atoms with Crippen LogP contribution in [-0.4, -0.2) is 22.0 Å².